The Hall–Kier alpha value is -2.74. The Labute approximate surface area is 157 Å². The van der Waals surface area contributed by atoms with Gasteiger partial charge in [0.15, 0.2) is 0 Å². The maximum atomic E-state index is 3.71. The van der Waals surface area contributed by atoms with E-state index < -0.39 is 0 Å². The predicted octanol–water partition coefficient (Wildman–Crippen LogP) is 6.54. The van der Waals surface area contributed by atoms with Gasteiger partial charge in [-0.05, 0) is 54.2 Å². The average molecular weight is 345 g/mol. The monoisotopic (exact) mass is 344 g/mol. The Balaban J connectivity index is 2.13. The van der Waals surface area contributed by atoms with Crippen LogP contribution in [0.3, 0.4) is 0 Å². The third-order valence-corrected chi connectivity index (χ3v) is 4.86. The first-order chi connectivity index (χ1) is 12.8. The first-order valence-corrected chi connectivity index (χ1v) is 9.58. The zero-order chi connectivity index (χ0) is 18.4. The Bertz CT molecular complexity index is 807. The highest BCUT2D eigenvalue weighted by molar-refractivity contribution is 5.73. The van der Waals surface area contributed by atoms with Crippen LogP contribution in [0.15, 0.2) is 72.8 Å². The fraction of sp³-hybridized carbons (Fsp3) is 0.250. The molecule has 0 heterocycles. The minimum absolute atomic E-state index is 0.998. The second-order valence-corrected chi connectivity index (χ2v) is 6.42. The summed E-state index contributed by atoms with van der Waals surface area (Å²) in [4.78, 5) is 0. The highest BCUT2D eigenvalue weighted by atomic mass is 15.5. The maximum Gasteiger partial charge on any atom is 0.0662 e. The summed E-state index contributed by atoms with van der Waals surface area (Å²) < 4.78 is 0. The summed E-state index contributed by atoms with van der Waals surface area (Å²) in [7, 11) is 0. The smallest absolute Gasteiger partial charge is 0.0662 e. The molecule has 0 fully saturated rings. The van der Waals surface area contributed by atoms with Crippen molar-refractivity contribution in [2.24, 2.45) is 0 Å². The van der Waals surface area contributed by atoms with E-state index in [9.17, 15) is 0 Å². The highest BCUT2D eigenvalue weighted by Gasteiger charge is 2.16. The highest BCUT2D eigenvalue weighted by Crippen LogP contribution is 2.33. The van der Waals surface area contributed by atoms with Gasteiger partial charge in [-0.15, -0.1) is 0 Å². The quantitative estimate of drug-likeness (QED) is 0.490. The minimum atomic E-state index is 0.998. The molecular formula is C24H28N2. The third kappa shape index (κ3) is 3.75. The molecule has 0 unspecified atom stereocenters. The summed E-state index contributed by atoms with van der Waals surface area (Å²) in [5.74, 6) is 0. The fourth-order valence-corrected chi connectivity index (χ4v) is 3.36. The summed E-state index contributed by atoms with van der Waals surface area (Å²) in [6, 6.07) is 25.8. The zero-order valence-corrected chi connectivity index (χ0v) is 16.0. The summed E-state index contributed by atoms with van der Waals surface area (Å²) in [5, 5.41) is 2.26. The van der Waals surface area contributed by atoms with E-state index in [4.69, 9.17) is 0 Å². The maximum absolute atomic E-state index is 3.71. The number of nitrogens with one attached hydrogen (secondary N) is 1. The topological polar surface area (TPSA) is 15.3 Å². The van der Waals surface area contributed by atoms with Crippen molar-refractivity contribution in [2.45, 2.75) is 40.0 Å². The molecule has 0 bridgehead atoms. The van der Waals surface area contributed by atoms with Crippen LogP contribution in [-0.4, -0.2) is 0 Å². The van der Waals surface area contributed by atoms with E-state index in [1.54, 1.807) is 0 Å². The average Bonchev–Trinajstić information content (AvgIpc) is 2.72. The van der Waals surface area contributed by atoms with E-state index in [1.165, 1.54) is 28.1 Å². The van der Waals surface area contributed by atoms with Crippen LogP contribution in [0.4, 0.5) is 17.1 Å². The van der Waals surface area contributed by atoms with E-state index in [2.05, 4.69) is 104 Å². The molecule has 0 atom stereocenters. The van der Waals surface area contributed by atoms with Gasteiger partial charge in [0, 0.05) is 0 Å². The van der Waals surface area contributed by atoms with Crippen LogP contribution in [0.1, 0.15) is 37.5 Å². The normalized spacial score (nSPS) is 10.6. The van der Waals surface area contributed by atoms with Crippen molar-refractivity contribution in [2.75, 3.05) is 10.4 Å². The van der Waals surface area contributed by atoms with E-state index >= 15 is 0 Å². The second-order valence-electron chi connectivity index (χ2n) is 6.42. The van der Waals surface area contributed by atoms with Gasteiger partial charge in [0.25, 0.3) is 0 Å². The third-order valence-electron chi connectivity index (χ3n) is 4.86. The van der Waals surface area contributed by atoms with Crippen molar-refractivity contribution in [3.8, 4) is 0 Å². The molecule has 3 aromatic carbocycles. The lowest BCUT2D eigenvalue weighted by molar-refractivity contribution is 1.04. The van der Waals surface area contributed by atoms with Crippen LogP contribution in [0.5, 0.6) is 0 Å². The fourth-order valence-electron chi connectivity index (χ4n) is 3.36. The van der Waals surface area contributed by atoms with Crippen molar-refractivity contribution >= 4 is 17.1 Å². The van der Waals surface area contributed by atoms with Gasteiger partial charge in [-0.1, -0.05) is 75.4 Å². The van der Waals surface area contributed by atoms with Crippen molar-refractivity contribution in [3.63, 3.8) is 0 Å². The number of nitrogens with zero attached hydrogens (tertiary/aromatic N) is 1. The van der Waals surface area contributed by atoms with Crippen molar-refractivity contribution < 1.29 is 0 Å². The number of hydrogen-bond acceptors (Lipinski definition) is 2. The lowest BCUT2D eigenvalue weighted by Crippen LogP contribution is -2.27. The van der Waals surface area contributed by atoms with Crippen LogP contribution in [0.25, 0.3) is 0 Å². The van der Waals surface area contributed by atoms with Crippen LogP contribution >= 0.6 is 0 Å². The number of para-hydroxylation sites is 3. The molecule has 26 heavy (non-hydrogen) atoms. The van der Waals surface area contributed by atoms with Gasteiger partial charge >= 0.3 is 0 Å². The minimum Gasteiger partial charge on any atom is -0.294 e. The molecule has 2 nitrogen and oxygen atoms in total. The first kappa shape index (κ1) is 18.1. The predicted molar refractivity (Wildman–Crippen MR) is 113 cm³/mol. The van der Waals surface area contributed by atoms with Gasteiger partial charge in [0.1, 0.15) is 0 Å². The van der Waals surface area contributed by atoms with E-state index in [-0.39, 0.29) is 0 Å². The molecular weight excluding hydrogens is 316 g/mol. The largest absolute Gasteiger partial charge is 0.294 e. The number of benzene rings is 3. The Morgan fingerprint density at radius 1 is 0.577 bits per heavy atom. The van der Waals surface area contributed by atoms with Crippen molar-refractivity contribution in [3.05, 3.63) is 89.5 Å². The standard InChI is InChI=1S/C24H28N2/c1-4-19-13-7-10-16-22(19)25-26(23-17-11-8-14-20(23)5-2)24-18-12-9-15-21(24)6-3/h7-18,25H,4-6H2,1-3H3. The Morgan fingerprint density at radius 2 is 1.00 bits per heavy atom. The molecule has 0 saturated heterocycles. The van der Waals surface area contributed by atoms with Crippen LogP contribution in [-0.2, 0) is 19.3 Å². The van der Waals surface area contributed by atoms with Gasteiger partial charge in [0.2, 0.25) is 0 Å². The van der Waals surface area contributed by atoms with Gasteiger partial charge in [-0.3, -0.25) is 10.4 Å². The van der Waals surface area contributed by atoms with Crippen molar-refractivity contribution in [1.29, 1.82) is 0 Å². The zero-order valence-electron chi connectivity index (χ0n) is 16.0. The van der Waals surface area contributed by atoms with Gasteiger partial charge in [-0.25, -0.2) is 0 Å². The molecule has 0 radical (unpaired) electrons. The van der Waals surface area contributed by atoms with Crippen LogP contribution < -0.4 is 10.4 Å². The number of rotatable bonds is 7. The summed E-state index contributed by atoms with van der Waals surface area (Å²) in [6.07, 6.45) is 3.00. The molecule has 3 rings (SSSR count). The lowest BCUT2D eigenvalue weighted by atomic mass is 10.1. The van der Waals surface area contributed by atoms with E-state index in [0.29, 0.717) is 0 Å². The SMILES string of the molecule is CCc1ccccc1NN(c1ccccc1CC)c1ccccc1CC. The molecule has 0 aliphatic carbocycles. The molecule has 1 N–H and O–H groups in total. The first-order valence-electron chi connectivity index (χ1n) is 9.58. The van der Waals surface area contributed by atoms with Gasteiger partial charge < -0.3 is 0 Å². The number of hydrazine groups is 1. The molecule has 0 aromatic heterocycles. The molecule has 134 valence electrons. The van der Waals surface area contributed by atoms with Crippen LogP contribution in [0.2, 0.25) is 0 Å². The summed E-state index contributed by atoms with van der Waals surface area (Å²) in [6.45, 7) is 6.62. The molecule has 0 spiro atoms. The van der Waals surface area contributed by atoms with Gasteiger partial charge in [-0.2, -0.15) is 0 Å². The number of hydrogen-bond donors (Lipinski definition) is 1. The van der Waals surface area contributed by atoms with Gasteiger partial charge in [0.05, 0.1) is 17.1 Å². The van der Waals surface area contributed by atoms with Crippen LogP contribution in [0, 0.1) is 0 Å². The van der Waals surface area contributed by atoms with E-state index in [1.807, 2.05) is 0 Å². The molecule has 0 amide bonds. The summed E-state index contributed by atoms with van der Waals surface area (Å²) in [5.41, 5.74) is 11.3. The molecule has 0 aliphatic heterocycles. The molecule has 0 saturated carbocycles. The second kappa shape index (κ2) is 8.57. The Morgan fingerprint density at radius 3 is 1.50 bits per heavy atom. The number of anilines is 3. The van der Waals surface area contributed by atoms with Crippen molar-refractivity contribution in [1.82, 2.24) is 0 Å². The summed E-state index contributed by atoms with van der Waals surface area (Å²) >= 11 is 0. The number of aryl methyl sites for hydroxylation is 3. The Kier molecular flexibility index (Phi) is 5.96. The lowest BCUT2D eigenvalue weighted by Gasteiger charge is -2.31. The van der Waals surface area contributed by atoms with E-state index in [0.717, 1.165) is 24.9 Å². The molecule has 2 heteroatoms. The molecule has 3 aromatic rings. The molecule has 0 aliphatic rings.